The molecular formula is C79H142N7O32P. The van der Waals surface area contributed by atoms with Crippen molar-refractivity contribution in [2.75, 3.05) is 86.3 Å². The Labute approximate surface area is 697 Å². The fraction of sp³-hybridized carbons (Fsp3) is 0.886. The number of hydrogen-bond acceptors (Lipinski definition) is 31. The fourth-order valence-corrected chi connectivity index (χ4v) is 15.3. The van der Waals surface area contributed by atoms with Gasteiger partial charge in [-0.05, 0) is 128 Å². The Morgan fingerprint density at radius 3 is 1.35 bits per heavy atom. The second kappa shape index (κ2) is 58.2. The summed E-state index contributed by atoms with van der Waals surface area (Å²) < 4.78 is 55.9. The normalized spacial score (nSPS) is 28.6. The molecule has 0 spiro atoms. The molecule has 0 bridgehead atoms. The number of amides is 7. The smallest absolute Gasteiger partial charge is 0.396 e. The molecule has 7 amide bonds. The maximum Gasteiger partial charge on any atom is 0.471 e. The van der Waals surface area contributed by atoms with Crippen LogP contribution in [0.25, 0.3) is 0 Å². The van der Waals surface area contributed by atoms with Gasteiger partial charge in [-0.1, -0.05) is 33.6 Å². The molecule has 2 saturated carbocycles. The van der Waals surface area contributed by atoms with Crippen LogP contribution < -0.4 is 37.2 Å². The highest BCUT2D eigenvalue weighted by atomic mass is 31.2. The van der Waals surface area contributed by atoms with E-state index in [-0.39, 0.29) is 167 Å². The molecule has 2 aliphatic heterocycles. The van der Waals surface area contributed by atoms with E-state index in [0.29, 0.717) is 83.5 Å². The van der Waals surface area contributed by atoms with Crippen LogP contribution in [0.15, 0.2) is 0 Å². The van der Waals surface area contributed by atoms with Gasteiger partial charge in [-0.15, -0.1) is 0 Å². The molecule has 1 unspecified atom stereocenters. The van der Waals surface area contributed by atoms with Crippen molar-refractivity contribution in [1.29, 1.82) is 0 Å². The zero-order valence-corrected chi connectivity index (χ0v) is 70.8. The molecule has 39 nitrogen and oxygen atoms in total. The van der Waals surface area contributed by atoms with E-state index >= 15 is 0 Å². The van der Waals surface area contributed by atoms with Gasteiger partial charge in [0.15, 0.2) is 18.4 Å². The predicted octanol–water partition coefficient (Wildman–Crippen LogP) is -1.85. The average Bonchev–Trinajstić information content (AvgIpc) is 0.883. The summed E-state index contributed by atoms with van der Waals surface area (Å²) in [5.74, 6) is -6.76. The van der Waals surface area contributed by atoms with Crippen LogP contribution in [0.5, 0.6) is 0 Å². The number of aliphatic hydroxyl groups is 13. The third-order valence-corrected chi connectivity index (χ3v) is 23.5. The Hall–Kier alpha value is -5.02. The number of phosphoric ester groups is 1. The summed E-state index contributed by atoms with van der Waals surface area (Å²) in [6.07, 6.45) is -7.80. The molecule has 40 heteroatoms. The summed E-state index contributed by atoms with van der Waals surface area (Å²) in [5, 5.41) is 151. The van der Waals surface area contributed by atoms with Gasteiger partial charge in [0, 0.05) is 141 Å². The van der Waals surface area contributed by atoms with Crippen LogP contribution in [0, 0.1) is 29.6 Å². The minimum atomic E-state index is -4.44. The highest BCUT2D eigenvalue weighted by Gasteiger charge is 2.47. The van der Waals surface area contributed by atoms with Crippen LogP contribution in [-0.2, 0) is 85.2 Å². The minimum absolute atomic E-state index is 0.00317. The number of Topliss-reactive ketones (excluding diaryl/α,β-unsaturated/α-hetero) is 2. The van der Waals surface area contributed by atoms with Crippen molar-refractivity contribution >= 4 is 60.7 Å². The maximum absolute atomic E-state index is 14.6. The van der Waals surface area contributed by atoms with Gasteiger partial charge < -0.3 is 137 Å². The van der Waals surface area contributed by atoms with E-state index in [1.807, 2.05) is 0 Å². The van der Waals surface area contributed by atoms with E-state index in [4.69, 9.17) is 32.9 Å². The lowest BCUT2D eigenvalue weighted by atomic mass is 9.77. The van der Waals surface area contributed by atoms with E-state index < -0.39 is 221 Å². The Morgan fingerprint density at radius 2 is 0.849 bits per heavy atom. The number of carbonyl (C=O) groups excluding carboxylic acids is 9. The Balaban J connectivity index is 1.43. The minimum Gasteiger partial charge on any atom is -0.396 e. The first-order valence-corrected chi connectivity index (χ1v) is 44.1. The van der Waals surface area contributed by atoms with Crippen LogP contribution in [0.4, 0.5) is 0 Å². The highest BCUT2D eigenvalue weighted by molar-refractivity contribution is 7.47. The summed E-state index contributed by atoms with van der Waals surface area (Å²) in [6.45, 7) is 4.14. The maximum atomic E-state index is 14.6. The third-order valence-electron chi connectivity index (χ3n) is 22.6. The number of ether oxygens (including phenoxy) is 6. The summed E-state index contributed by atoms with van der Waals surface area (Å²) >= 11 is 0. The van der Waals surface area contributed by atoms with Crippen LogP contribution in [0.3, 0.4) is 0 Å². The number of unbranched alkanes of at least 4 members (excludes halogenated alkanes) is 9. The number of nitrogens with one attached hydrogen (secondary N) is 7. The van der Waals surface area contributed by atoms with Crippen molar-refractivity contribution in [3.63, 3.8) is 0 Å². The van der Waals surface area contributed by atoms with E-state index in [0.717, 1.165) is 7.11 Å². The van der Waals surface area contributed by atoms with Gasteiger partial charge in [-0.2, -0.15) is 0 Å². The van der Waals surface area contributed by atoms with Crippen LogP contribution in [0.1, 0.15) is 214 Å². The van der Waals surface area contributed by atoms with Gasteiger partial charge in [-0.3, -0.25) is 52.2 Å². The van der Waals surface area contributed by atoms with E-state index in [1.165, 1.54) is 6.92 Å². The average molecular weight is 1730 g/mol. The molecule has 0 aromatic rings. The molecule has 2 aliphatic carbocycles. The third kappa shape index (κ3) is 39.0. The van der Waals surface area contributed by atoms with Crippen molar-refractivity contribution in [3.05, 3.63) is 0 Å². The fourth-order valence-electron chi connectivity index (χ4n) is 14.9. The summed E-state index contributed by atoms with van der Waals surface area (Å²) in [6, 6.07) is -5.36. The Kier molecular flexibility index (Phi) is 52.0. The van der Waals surface area contributed by atoms with Crippen molar-refractivity contribution < 1.29 is 156 Å². The quantitative estimate of drug-likeness (QED) is 0.0235. The van der Waals surface area contributed by atoms with E-state index in [1.54, 1.807) is 20.8 Å². The van der Waals surface area contributed by atoms with Gasteiger partial charge in [0.25, 0.3) is 0 Å². The standard InChI is InChI=1S/C79H142N7O32P/c1-47-59(39-51(41-87)71(102)68(47)99)112-35-20-15-31-65(97)84-56(26-8-6-7-23-54(93)24-13-19-36-113-60-40-52(42-88)72(103)75(106)67(60)82-50(4)92)76(107)81-34-18-11-25-55(58(94)28-9-10-30-64(96)83-53(43-89)46-116-119(109,110)111-5)86-77(108)57(85-66(98)32-16-22-38-115-79-49(3)70(101)74(105)62(45-91)118-79)27-12-17-33-80-63(95)29-14-21-37-114-78-48(2)69(100)73(104)61(44-90)117-78/h47-49,51-53,55-57,59-62,67-75,78-79,87-91,99-106H,6-46H2,1-5H3,(H,80,95)(H,81,107)(H,82,92)(H,83,96)(H,84,97)(H,85,98)(H,86,108)(H,109,110)/t47-,48+,49+,51+,52+,53+,55-,56-,57-,59+,60+,61+,62+,67-,68+,69+,70+,71-,72-,73-,74-,75+,78+,79+/m0/s1. The van der Waals surface area contributed by atoms with E-state index in [2.05, 4.69) is 41.7 Å². The molecular weight excluding hydrogens is 1590 g/mol. The molecule has 25 atom stereocenters. The monoisotopic (exact) mass is 1730 g/mol. The molecule has 0 aromatic heterocycles. The van der Waals surface area contributed by atoms with Gasteiger partial charge in [-0.25, -0.2) is 4.57 Å². The number of phosphoric acid groups is 1. The first-order valence-electron chi connectivity index (χ1n) is 42.6. The molecule has 0 radical (unpaired) electrons. The van der Waals surface area contributed by atoms with Gasteiger partial charge >= 0.3 is 7.82 Å². The van der Waals surface area contributed by atoms with Crippen molar-refractivity contribution in [1.82, 2.24) is 37.2 Å². The van der Waals surface area contributed by atoms with Crippen molar-refractivity contribution in [3.8, 4) is 0 Å². The van der Waals surface area contributed by atoms with Gasteiger partial charge in [0.05, 0.1) is 87.3 Å². The predicted molar refractivity (Wildman–Crippen MR) is 425 cm³/mol. The molecule has 690 valence electrons. The summed E-state index contributed by atoms with van der Waals surface area (Å²) in [5.41, 5.74) is 0. The summed E-state index contributed by atoms with van der Waals surface area (Å²) in [7, 11) is -3.50. The zero-order valence-electron chi connectivity index (χ0n) is 69.9. The molecule has 4 aliphatic rings. The molecule has 21 N–H and O–H groups in total. The highest BCUT2D eigenvalue weighted by Crippen LogP contribution is 2.42. The van der Waals surface area contributed by atoms with Crippen molar-refractivity contribution in [2.45, 2.75) is 330 Å². The van der Waals surface area contributed by atoms with E-state index in [9.17, 15) is 119 Å². The zero-order chi connectivity index (χ0) is 88.2. The van der Waals surface area contributed by atoms with Crippen LogP contribution >= 0.6 is 7.82 Å². The first-order chi connectivity index (χ1) is 56.7. The van der Waals surface area contributed by atoms with Gasteiger partial charge in [0.2, 0.25) is 41.4 Å². The molecule has 2 heterocycles. The molecule has 4 rings (SSSR count). The lowest BCUT2D eigenvalue weighted by molar-refractivity contribution is -0.282. The molecule has 4 fully saturated rings. The number of aliphatic hydroxyl groups excluding tert-OH is 13. The summed E-state index contributed by atoms with van der Waals surface area (Å²) in [4.78, 5) is 131. The lowest BCUT2D eigenvalue weighted by Crippen LogP contribution is -2.61. The second-order valence-electron chi connectivity index (χ2n) is 32.1. The van der Waals surface area contributed by atoms with Crippen LogP contribution in [-0.4, -0.2) is 326 Å². The Morgan fingerprint density at radius 1 is 0.429 bits per heavy atom. The Bertz CT molecular complexity index is 3010. The number of ketones is 2. The largest absolute Gasteiger partial charge is 0.471 e. The number of carbonyl (C=O) groups is 9. The lowest BCUT2D eigenvalue weighted by Gasteiger charge is -2.42. The molecule has 0 aromatic carbocycles. The van der Waals surface area contributed by atoms with Crippen LogP contribution in [0.2, 0.25) is 0 Å². The first kappa shape index (κ1) is 106. The number of hydrogen-bond donors (Lipinski definition) is 21. The molecule has 119 heavy (non-hydrogen) atoms. The molecule has 2 saturated heterocycles. The topological polar surface area (TPSA) is 612 Å². The van der Waals surface area contributed by atoms with Crippen molar-refractivity contribution in [2.24, 2.45) is 29.6 Å². The second-order valence-corrected chi connectivity index (χ2v) is 33.6. The SMILES string of the molecule is COP(=O)(O)OC[C@@H](CO)NC(=O)CCCCC(=O)[C@H](CCCCNC(=O)[C@H](CCCCCC(=O)CCCCO[C@@H]1C[C@H](CO)[C@H](O)[C@H](O)[C@H]1NC(C)=O)NC(=O)CCCCO[C@@H]1C[C@H](CO)[C@H](O)[C@H](O)[C@H]1C)NC(=O)[C@H](CCCCNC(=O)CCCCO[C@@H]1O[C@H](CO)[C@H](O)[C@H](O)[C@H]1C)NC(=O)CCCCO[C@@H]1O[C@H](CO)[C@H](O)[C@H](O)[C@H]1C. The van der Waals surface area contributed by atoms with Gasteiger partial charge in [0.1, 0.15) is 48.4 Å². The number of rotatable bonds is 62.